The number of aliphatic hydroxyl groups excluding tert-OH is 4. The second-order valence-corrected chi connectivity index (χ2v) is 7.12. The lowest BCUT2D eigenvalue weighted by molar-refractivity contribution is -0.205. The maximum atomic E-state index is 9.95. The van der Waals surface area contributed by atoms with E-state index in [1.165, 1.54) is 11.8 Å². The molecule has 1 saturated heterocycles. The molecular weight excluding hydrogens is 268 g/mol. The first-order valence-electron chi connectivity index (χ1n) is 6.75. The summed E-state index contributed by atoms with van der Waals surface area (Å²) in [6.07, 6.45) is -4.54. The van der Waals surface area contributed by atoms with Crippen molar-refractivity contribution in [2.75, 3.05) is 6.61 Å². The first-order valence-corrected chi connectivity index (χ1v) is 7.69. The third-order valence-electron chi connectivity index (χ3n) is 3.99. The fraction of sp³-hybridized carbons (Fsp3) is 1.00. The number of ether oxygens (including phenoxy) is 1. The van der Waals surface area contributed by atoms with Crippen LogP contribution in [-0.2, 0) is 4.74 Å². The molecule has 0 aromatic heterocycles. The molecule has 0 amide bonds. The summed E-state index contributed by atoms with van der Waals surface area (Å²) >= 11 is 1.44. The van der Waals surface area contributed by atoms with Gasteiger partial charge >= 0.3 is 0 Å². The van der Waals surface area contributed by atoms with Crippen LogP contribution in [0.3, 0.4) is 0 Å². The van der Waals surface area contributed by atoms with Crippen molar-refractivity contribution in [3.63, 3.8) is 0 Å². The molecule has 0 aromatic rings. The van der Waals surface area contributed by atoms with Gasteiger partial charge in [-0.15, -0.1) is 11.8 Å². The Labute approximate surface area is 119 Å². The predicted molar refractivity (Wildman–Crippen MR) is 74.8 cm³/mol. The van der Waals surface area contributed by atoms with E-state index in [9.17, 15) is 15.3 Å². The molecule has 1 fully saturated rings. The van der Waals surface area contributed by atoms with Crippen LogP contribution in [-0.4, -0.2) is 62.1 Å². The zero-order chi connectivity index (χ0) is 14.7. The quantitative estimate of drug-likeness (QED) is 0.579. The zero-order valence-corrected chi connectivity index (χ0v) is 12.7. The normalized spacial score (nSPS) is 39.3. The smallest absolute Gasteiger partial charge is 0.132 e. The maximum Gasteiger partial charge on any atom is 0.132 e. The van der Waals surface area contributed by atoms with E-state index < -0.39 is 29.9 Å². The van der Waals surface area contributed by atoms with Gasteiger partial charge < -0.3 is 25.2 Å². The highest BCUT2D eigenvalue weighted by molar-refractivity contribution is 8.00. The summed E-state index contributed by atoms with van der Waals surface area (Å²) in [6, 6.07) is 0. The van der Waals surface area contributed by atoms with Crippen LogP contribution in [0.15, 0.2) is 0 Å². The molecule has 7 atom stereocenters. The van der Waals surface area contributed by atoms with Crippen molar-refractivity contribution in [1.29, 1.82) is 0 Å². The molecule has 1 rings (SSSR count). The van der Waals surface area contributed by atoms with Crippen molar-refractivity contribution in [3.05, 3.63) is 0 Å². The summed E-state index contributed by atoms with van der Waals surface area (Å²) in [7, 11) is 0. The molecule has 6 heteroatoms. The Morgan fingerprint density at radius 1 is 1.00 bits per heavy atom. The second kappa shape index (κ2) is 7.24. The van der Waals surface area contributed by atoms with Crippen molar-refractivity contribution in [2.24, 2.45) is 11.8 Å². The zero-order valence-electron chi connectivity index (χ0n) is 11.9. The minimum atomic E-state index is -1.29. The Morgan fingerprint density at radius 2 is 1.58 bits per heavy atom. The summed E-state index contributed by atoms with van der Waals surface area (Å²) in [5.74, 6) is 0.935. The predicted octanol–water partition coefficient (Wildman–Crippen LogP) is 0.200. The molecule has 114 valence electrons. The van der Waals surface area contributed by atoms with Gasteiger partial charge in [0.05, 0.1) is 6.61 Å². The summed E-state index contributed by atoms with van der Waals surface area (Å²) in [5.41, 5.74) is -0.633. The van der Waals surface area contributed by atoms with E-state index in [0.717, 1.165) is 0 Å². The van der Waals surface area contributed by atoms with Crippen molar-refractivity contribution < 1.29 is 25.2 Å². The monoisotopic (exact) mass is 294 g/mol. The van der Waals surface area contributed by atoms with E-state index in [-0.39, 0.29) is 11.9 Å². The van der Waals surface area contributed by atoms with Gasteiger partial charge in [-0.25, -0.2) is 0 Å². The van der Waals surface area contributed by atoms with E-state index >= 15 is 0 Å². The van der Waals surface area contributed by atoms with Gasteiger partial charge in [-0.05, 0) is 11.8 Å². The average molecular weight is 294 g/mol. The van der Waals surface area contributed by atoms with E-state index in [2.05, 4.69) is 27.7 Å². The standard InChI is InChI=1S/C13H26O5S/c1-6(2)7(3)8(4)19-13-12(17)11(16)10(15)9(5-14)18-13/h6-17H,5H2,1-4H3/t7?,8?,9?,10-,11?,12?,13-/m0/s1. The van der Waals surface area contributed by atoms with Crippen molar-refractivity contribution >= 4 is 11.8 Å². The number of hydrogen-bond acceptors (Lipinski definition) is 6. The van der Waals surface area contributed by atoms with Gasteiger partial charge in [0.25, 0.3) is 0 Å². The molecule has 1 heterocycles. The Bertz CT molecular complexity index is 274. The number of aliphatic hydroxyl groups is 4. The molecule has 4 N–H and O–H groups in total. The molecule has 0 radical (unpaired) electrons. The molecule has 1 aliphatic heterocycles. The summed E-state index contributed by atoms with van der Waals surface area (Å²) in [4.78, 5) is 0. The van der Waals surface area contributed by atoms with Gasteiger partial charge in [0.2, 0.25) is 0 Å². The Morgan fingerprint density at radius 3 is 2.05 bits per heavy atom. The van der Waals surface area contributed by atoms with Gasteiger partial charge in [0.15, 0.2) is 0 Å². The van der Waals surface area contributed by atoms with Crippen molar-refractivity contribution in [1.82, 2.24) is 0 Å². The van der Waals surface area contributed by atoms with Crippen LogP contribution in [0, 0.1) is 11.8 Å². The highest BCUT2D eigenvalue weighted by Gasteiger charge is 2.44. The molecule has 0 saturated carbocycles. The third-order valence-corrected chi connectivity index (χ3v) is 5.51. The first kappa shape index (κ1) is 17.2. The van der Waals surface area contributed by atoms with Crippen molar-refractivity contribution in [2.45, 2.75) is 62.8 Å². The molecule has 1 aliphatic rings. The van der Waals surface area contributed by atoms with Gasteiger partial charge in [0.1, 0.15) is 29.9 Å². The SMILES string of the molecule is CC(C)C(C)C(C)S[C@@H]1OC(CO)[C@H](O)C(O)C1O. The lowest BCUT2D eigenvalue weighted by Crippen LogP contribution is -2.57. The van der Waals surface area contributed by atoms with Crippen LogP contribution in [0.2, 0.25) is 0 Å². The topological polar surface area (TPSA) is 90.2 Å². The van der Waals surface area contributed by atoms with Crippen LogP contribution in [0.4, 0.5) is 0 Å². The Balaban J connectivity index is 2.66. The Hall–Kier alpha value is 0.150. The second-order valence-electron chi connectivity index (χ2n) is 5.64. The molecule has 0 aliphatic carbocycles. The van der Waals surface area contributed by atoms with Gasteiger partial charge in [-0.1, -0.05) is 27.7 Å². The van der Waals surface area contributed by atoms with E-state index in [1.54, 1.807) is 0 Å². The summed E-state index contributed by atoms with van der Waals surface area (Å²) < 4.78 is 5.48. The van der Waals surface area contributed by atoms with Gasteiger partial charge in [0, 0.05) is 5.25 Å². The van der Waals surface area contributed by atoms with Crippen LogP contribution in [0.1, 0.15) is 27.7 Å². The summed E-state index contributed by atoms with van der Waals surface area (Å²) in [5, 5.41) is 38.7. The lowest BCUT2D eigenvalue weighted by atomic mass is 9.95. The van der Waals surface area contributed by atoms with Gasteiger partial charge in [-0.2, -0.15) is 0 Å². The van der Waals surface area contributed by atoms with Crippen molar-refractivity contribution in [3.8, 4) is 0 Å². The molecule has 19 heavy (non-hydrogen) atoms. The van der Waals surface area contributed by atoms with E-state index in [4.69, 9.17) is 9.84 Å². The van der Waals surface area contributed by atoms with Crippen LogP contribution in [0.5, 0.6) is 0 Å². The Kier molecular flexibility index (Phi) is 6.56. The number of hydrogen-bond donors (Lipinski definition) is 4. The molecule has 5 unspecified atom stereocenters. The van der Waals surface area contributed by atoms with Crippen LogP contribution in [0.25, 0.3) is 0 Å². The largest absolute Gasteiger partial charge is 0.394 e. The minimum absolute atomic E-state index is 0.237. The fourth-order valence-corrected chi connectivity index (χ4v) is 3.57. The molecule has 5 nitrogen and oxygen atoms in total. The highest BCUT2D eigenvalue weighted by atomic mass is 32.2. The van der Waals surface area contributed by atoms with E-state index in [0.29, 0.717) is 11.8 Å². The fourth-order valence-electron chi connectivity index (χ4n) is 2.06. The van der Waals surface area contributed by atoms with E-state index in [1.807, 2.05) is 0 Å². The van der Waals surface area contributed by atoms with Gasteiger partial charge in [-0.3, -0.25) is 0 Å². The lowest BCUT2D eigenvalue weighted by Gasteiger charge is -2.41. The molecule has 0 spiro atoms. The third kappa shape index (κ3) is 4.06. The first-order chi connectivity index (χ1) is 8.79. The minimum Gasteiger partial charge on any atom is -0.394 e. The number of thioether (sulfide) groups is 1. The summed E-state index contributed by atoms with van der Waals surface area (Å²) in [6.45, 7) is 8.07. The molecule has 0 bridgehead atoms. The molecular formula is C13H26O5S. The average Bonchev–Trinajstić information content (AvgIpc) is 2.38. The maximum absolute atomic E-state index is 9.95. The molecule has 0 aromatic carbocycles. The van der Waals surface area contributed by atoms with Crippen LogP contribution >= 0.6 is 11.8 Å². The number of rotatable bonds is 5. The van der Waals surface area contributed by atoms with Crippen LogP contribution < -0.4 is 0 Å². The highest BCUT2D eigenvalue weighted by Crippen LogP contribution is 2.35.